The quantitative estimate of drug-likeness (QED) is 0.376. The summed E-state index contributed by atoms with van der Waals surface area (Å²) in [4.78, 5) is 51.4. The number of carboxylic acid groups (broad SMARTS) is 1. The van der Waals surface area contributed by atoms with Crippen LogP contribution in [0.2, 0.25) is 5.02 Å². The number of amides is 4. The zero-order valence-corrected chi connectivity index (χ0v) is 22.1. The summed E-state index contributed by atoms with van der Waals surface area (Å²) in [5, 5.41) is 16.9. The lowest BCUT2D eigenvalue weighted by molar-refractivity contribution is -0.141. The van der Waals surface area contributed by atoms with Gasteiger partial charge in [0, 0.05) is 34.8 Å². The molecule has 4 N–H and O–H groups in total. The molecule has 2 heterocycles. The van der Waals surface area contributed by atoms with E-state index in [4.69, 9.17) is 21.4 Å². The molecule has 2 aliphatic rings. The molecule has 0 bridgehead atoms. The van der Waals surface area contributed by atoms with Crippen LogP contribution in [0.4, 0.5) is 21.0 Å². The maximum absolute atomic E-state index is 13.7. The van der Waals surface area contributed by atoms with Gasteiger partial charge in [0.2, 0.25) is 5.91 Å². The molecule has 2 aliphatic heterocycles. The minimum atomic E-state index is -1.23. The van der Waals surface area contributed by atoms with Crippen molar-refractivity contribution < 1.29 is 33.6 Å². The number of anilines is 2. The third kappa shape index (κ3) is 6.32. The third-order valence-electron chi connectivity index (χ3n) is 6.46. The van der Waals surface area contributed by atoms with Gasteiger partial charge in [-0.25, -0.2) is 9.59 Å². The number of likely N-dealkylation sites (tertiary alicyclic amines) is 1. The number of hydrogen-bond acceptors (Lipinski definition) is 6. The Labute approximate surface area is 227 Å². The van der Waals surface area contributed by atoms with Crippen molar-refractivity contribution in [3.8, 4) is 0 Å². The van der Waals surface area contributed by atoms with Gasteiger partial charge in [0.1, 0.15) is 11.8 Å². The number of rotatable bonds is 7. The molecular weight excluding hydrogens is 536 g/mol. The molecule has 3 atom stereocenters. The number of piperidine rings is 1. The van der Waals surface area contributed by atoms with E-state index in [2.05, 4.69) is 16.0 Å². The summed E-state index contributed by atoms with van der Waals surface area (Å²) in [6.07, 6.45) is 0.834. The zero-order chi connectivity index (χ0) is 27.4. The highest BCUT2D eigenvalue weighted by molar-refractivity contribution is 7.90. The number of nitrogens with one attached hydrogen (secondary N) is 3. The molecule has 4 rings (SSSR count). The first-order valence-electron chi connectivity index (χ1n) is 11.9. The van der Waals surface area contributed by atoms with Crippen LogP contribution in [0.1, 0.15) is 35.2 Å². The molecule has 0 aliphatic carbocycles. The van der Waals surface area contributed by atoms with Crippen molar-refractivity contribution in [3.63, 3.8) is 0 Å². The topological polar surface area (TPSA) is 160 Å². The molecule has 2 aromatic carbocycles. The smallest absolute Gasteiger partial charge is 0.412 e. The molecule has 13 heteroatoms. The fourth-order valence-corrected chi connectivity index (χ4v) is 5.45. The largest absolute Gasteiger partial charge is 0.617 e. The Morgan fingerprint density at radius 2 is 2.00 bits per heavy atom. The highest BCUT2D eigenvalue weighted by Crippen LogP contribution is 2.43. The molecule has 4 amide bonds. The number of benzene rings is 2. The number of fused-ring (bicyclic) bond motifs is 2. The standard InChI is InChI=1S/C25H27ClN4O7S/c1-38(36)12-9-20(28-21(31)15-3-6-17(7-4-15)27-23(33)34)22(32)30-11-2-10-25(14-30)18-13-16(26)5-8-19(18)29-24(35)37-25/h3-8,13,20,27H,2,9-12,14H2,1H3,(H,28,31)(H,29,35)(H,33,34)/t20-,25-,38?/m0/s1. The van der Waals surface area contributed by atoms with E-state index in [1.807, 2.05) is 0 Å². The maximum Gasteiger partial charge on any atom is 0.412 e. The molecule has 202 valence electrons. The highest BCUT2D eigenvalue weighted by Gasteiger charge is 2.47. The lowest BCUT2D eigenvalue weighted by atomic mass is 9.83. The molecule has 1 fully saturated rings. The van der Waals surface area contributed by atoms with Crippen LogP contribution in [-0.2, 0) is 26.3 Å². The summed E-state index contributed by atoms with van der Waals surface area (Å²) in [5.74, 6) is -0.733. The second-order valence-electron chi connectivity index (χ2n) is 9.16. The van der Waals surface area contributed by atoms with Gasteiger partial charge in [0.05, 0.1) is 18.5 Å². The highest BCUT2D eigenvalue weighted by atomic mass is 35.5. The molecule has 1 saturated heterocycles. The van der Waals surface area contributed by atoms with Gasteiger partial charge in [-0.05, 0) is 55.3 Å². The summed E-state index contributed by atoms with van der Waals surface area (Å²) in [5.41, 5.74) is 0.659. The van der Waals surface area contributed by atoms with Gasteiger partial charge in [-0.15, -0.1) is 0 Å². The molecule has 2 aromatic rings. The molecule has 1 unspecified atom stereocenters. The summed E-state index contributed by atoms with van der Waals surface area (Å²) in [7, 11) is 0. The Morgan fingerprint density at radius 3 is 2.68 bits per heavy atom. The minimum Gasteiger partial charge on any atom is -0.617 e. The lowest BCUT2D eigenvalue weighted by Gasteiger charge is -2.45. The number of nitrogens with zero attached hydrogens (tertiary/aromatic N) is 1. The molecule has 11 nitrogen and oxygen atoms in total. The molecule has 0 aromatic heterocycles. The van der Waals surface area contributed by atoms with Gasteiger partial charge < -0.3 is 24.6 Å². The van der Waals surface area contributed by atoms with E-state index in [1.165, 1.54) is 30.5 Å². The Bertz CT molecular complexity index is 1240. The monoisotopic (exact) mass is 562 g/mol. The van der Waals surface area contributed by atoms with Crippen molar-refractivity contribution in [2.24, 2.45) is 0 Å². The predicted molar refractivity (Wildman–Crippen MR) is 142 cm³/mol. The Balaban J connectivity index is 1.54. The Morgan fingerprint density at radius 1 is 1.26 bits per heavy atom. The van der Waals surface area contributed by atoms with Crippen molar-refractivity contribution in [2.45, 2.75) is 30.9 Å². The van der Waals surface area contributed by atoms with E-state index >= 15 is 0 Å². The fraction of sp³-hybridized carbons (Fsp3) is 0.360. The molecular formula is C25H27ClN4O7S. The third-order valence-corrected chi connectivity index (χ3v) is 7.51. The minimum absolute atomic E-state index is 0.0731. The van der Waals surface area contributed by atoms with Crippen molar-refractivity contribution >= 4 is 58.2 Å². The van der Waals surface area contributed by atoms with Gasteiger partial charge in [0.15, 0.2) is 5.60 Å². The summed E-state index contributed by atoms with van der Waals surface area (Å²) in [6, 6.07) is 9.83. The van der Waals surface area contributed by atoms with E-state index in [-0.39, 0.29) is 30.2 Å². The summed E-state index contributed by atoms with van der Waals surface area (Å²) in [6.45, 7) is 0.461. The molecule has 38 heavy (non-hydrogen) atoms. The molecule has 0 saturated carbocycles. The summed E-state index contributed by atoms with van der Waals surface area (Å²) < 4.78 is 17.6. The van der Waals surface area contributed by atoms with Gasteiger partial charge in [-0.3, -0.25) is 20.2 Å². The number of carbonyl (C=O) groups excluding carboxylic acids is 3. The van der Waals surface area contributed by atoms with Crippen molar-refractivity contribution in [2.75, 3.05) is 35.7 Å². The van der Waals surface area contributed by atoms with Gasteiger partial charge in [-0.1, -0.05) is 22.8 Å². The lowest BCUT2D eigenvalue weighted by Crippen LogP contribution is -2.57. The van der Waals surface area contributed by atoms with Crippen LogP contribution in [-0.4, -0.2) is 69.7 Å². The number of carbonyl (C=O) groups is 4. The molecule has 1 spiro atoms. The van der Waals surface area contributed by atoms with Gasteiger partial charge in [0.25, 0.3) is 5.91 Å². The average Bonchev–Trinajstić information content (AvgIpc) is 2.86. The van der Waals surface area contributed by atoms with E-state index < -0.39 is 40.9 Å². The normalized spacial score (nSPS) is 20.0. The number of halogens is 1. The van der Waals surface area contributed by atoms with E-state index in [0.29, 0.717) is 41.3 Å². The Hall–Kier alpha value is -3.48. The van der Waals surface area contributed by atoms with Gasteiger partial charge >= 0.3 is 12.2 Å². The van der Waals surface area contributed by atoms with Crippen molar-refractivity contribution in [1.82, 2.24) is 10.2 Å². The van der Waals surface area contributed by atoms with Crippen LogP contribution >= 0.6 is 11.6 Å². The van der Waals surface area contributed by atoms with Crippen LogP contribution < -0.4 is 16.0 Å². The van der Waals surface area contributed by atoms with E-state index in [0.717, 1.165) is 0 Å². The Kier molecular flexibility index (Phi) is 8.34. The van der Waals surface area contributed by atoms with Crippen LogP contribution in [0, 0.1) is 0 Å². The first-order valence-corrected chi connectivity index (χ1v) is 14.0. The van der Waals surface area contributed by atoms with Crippen molar-refractivity contribution in [3.05, 3.63) is 58.6 Å². The second-order valence-corrected chi connectivity index (χ2v) is 11.2. The fourth-order valence-electron chi connectivity index (χ4n) is 4.72. The van der Waals surface area contributed by atoms with Crippen molar-refractivity contribution in [1.29, 1.82) is 0 Å². The molecule has 0 radical (unpaired) electrons. The van der Waals surface area contributed by atoms with Crippen LogP contribution in [0.3, 0.4) is 0 Å². The van der Waals surface area contributed by atoms with E-state index in [9.17, 15) is 23.7 Å². The first-order chi connectivity index (χ1) is 18.1. The van der Waals surface area contributed by atoms with Gasteiger partial charge in [-0.2, -0.15) is 0 Å². The number of ether oxygens (including phenoxy) is 1. The summed E-state index contributed by atoms with van der Waals surface area (Å²) >= 11 is 5.03. The van der Waals surface area contributed by atoms with Crippen LogP contribution in [0.5, 0.6) is 0 Å². The van der Waals surface area contributed by atoms with Crippen LogP contribution in [0.15, 0.2) is 42.5 Å². The van der Waals surface area contributed by atoms with E-state index in [1.54, 1.807) is 23.1 Å². The maximum atomic E-state index is 13.7. The zero-order valence-electron chi connectivity index (χ0n) is 20.5. The van der Waals surface area contributed by atoms with Crippen LogP contribution in [0.25, 0.3) is 0 Å². The second kappa shape index (κ2) is 11.5. The SMILES string of the molecule is C[S+]([O-])CC[C@H](NC(=O)c1ccc(NC(=O)O)cc1)C(=O)N1CCC[C@@]2(C1)OC(=O)Nc1ccc(Cl)cc12. The number of hydrogen-bond donors (Lipinski definition) is 4. The average molecular weight is 563 g/mol. The first kappa shape index (κ1) is 27.6. The predicted octanol–water partition coefficient (Wildman–Crippen LogP) is 3.38.